The number of nitrogens with zero attached hydrogens (tertiary/aromatic N) is 2. The predicted octanol–water partition coefficient (Wildman–Crippen LogP) is 1.73. The van der Waals surface area contributed by atoms with E-state index in [-0.39, 0.29) is 31.8 Å². The van der Waals surface area contributed by atoms with E-state index < -0.39 is 17.4 Å². The molecule has 1 saturated heterocycles. The van der Waals surface area contributed by atoms with E-state index in [1.807, 2.05) is 0 Å². The summed E-state index contributed by atoms with van der Waals surface area (Å²) in [5, 5.41) is 19.6. The van der Waals surface area contributed by atoms with Crippen LogP contribution in [-0.4, -0.2) is 50.7 Å². The fourth-order valence-corrected chi connectivity index (χ4v) is 2.92. The summed E-state index contributed by atoms with van der Waals surface area (Å²) in [7, 11) is 0. The number of piperidine rings is 1. The Morgan fingerprint density at radius 3 is 2.54 bits per heavy atom. The molecule has 0 atom stereocenters. The molecule has 2 heterocycles. The number of aliphatic carboxylic acids is 1. The number of carboxylic acid groups (broad SMARTS) is 1. The van der Waals surface area contributed by atoms with Gasteiger partial charge in [-0.1, -0.05) is 0 Å². The third kappa shape index (κ3) is 2.82. The van der Waals surface area contributed by atoms with Crippen LogP contribution in [0.15, 0.2) is 24.3 Å². The van der Waals surface area contributed by atoms with Crippen LogP contribution in [-0.2, 0) is 4.79 Å². The first-order valence-electron chi connectivity index (χ1n) is 7.62. The van der Waals surface area contributed by atoms with Gasteiger partial charge < -0.3 is 15.1 Å². The number of carbonyl (C=O) groups excluding carboxylic acids is 1. The first-order chi connectivity index (χ1) is 11.3. The van der Waals surface area contributed by atoms with Crippen molar-refractivity contribution in [3.05, 3.63) is 41.3 Å². The Morgan fingerprint density at radius 2 is 1.92 bits per heavy atom. The number of carboxylic acids is 1. The fraction of sp³-hybridized carbons (Fsp3) is 0.353. The minimum atomic E-state index is -1.77. The highest BCUT2D eigenvalue weighted by atomic mass is 19.1. The largest absolute Gasteiger partial charge is 0.479 e. The lowest BCUT2D eigenvalue weighted by atomic mass is 9.91. The molecule has 2 aromatic rings. The minimum absolute atomic E-state index is 0.0145. The predicted molar refractivity (Wildman–Crippen MR) is 84.2 cm³/mol. The molecule has 0 bridgehead atoms. The molecular weight excluding hydrogens is 315 g/mol. The van der Waals surface area contributed by atoms with Gasteiger partial charge >= 0.3 is 5.97 Å². The van der Waals surface area contributed by atoms with Gasteiger partial charge in [-0.15, -0.1) is 0 Å². The second-order valence-electron chi connectivity index (χ2n) is 6.09. The number of hydrogen-bond acceptors (Lipinski definition) is 4. The van der Waals surface area contributed by atoms with Gasteiger partial charge in [0.15, 0.2) is 5.60 Å². The van der Waals surface area contributed by atoms with E-state index in [0.29, 0.717) is 22.2 Å². The first-order valence-corrected chi connectivity index (χ1v) is 7.62. The Balaban J connectivity index is 1.86. The molecule has 1 aliphatic rings. The number of aliphatic hydroxyl groups is 1. The van der Waals surface area contributed by atoms with Gasteiger partial charge in [0.05, 0.1) is 16.8 Å². The van der Waals surface area contributed by atoms with Crippen molar-refractivity contribution in [2.24, 2.45) is 0 Å². The van der Waals surface area contributed by atoms with E-state index in [9.17, 15) is 19.1 Å². The molecule has 3 rings (SSSR count). The van der Waals surface area contributed by atoms with E-state index >= 15 is 0 Å². The number of fused-ring (bicyclic) bond motifs is 1. The molecule has 0 spiro atoms. The second kappa shape index (κ2) is 5.83. The van der Waals surface area contributed by atoms with Gasteiger partial charge in [-0.05, 0) is 25.1 Å². The lowest BCUT2D eigenvalue weighted by molar-refractivity contribution is -0.162. The van der Waals surface area contributed by atoms with E-state index in [2.05, 4.69) is 4.98 Å². The number of hydrogen-bond donors (Lipinski definition) is 2. The SMILES string of the molecule is Cc1nc2cc(F)ccc2cc1C(=O)N1CCC(O)(C(=O)O)CC1. The van der Waals surface area contributed by atoms with Crippen LogP contribution in [0.25, 0.3) is 10.9 Å². The van der Waals surface area contributed by atoms with Crippen molar-refractivity contribution in [1.29, 1.82) is 0 Å². The van der Waals surface area contributed by atoms with Crippen LogP contribution in [0.5, 0.6) is 0 Å². The molecule has 0 unspecified atom stereocenters. The summed E-state index contributed by atoms with van der Waals surface area (Å²) in [6.45, 7) is 1.99. The Hall–Kier alpha value is -2.54. The molecule has 126 valence electrons. The van der Waals surface area contributed by atoms with Crippen molar-refractivity contribution >= 4 is 22.8 Å². The van der Waals surface area contributed by atoms with Gasteiger partial charge in [-0.25, -0.2) is 9.18 Å². The number of likely N-dealkylation sites (tertiary alicyclic amines) is 1. The van der Waals surface area contributed by atoms with Crippen LogP contribution in [0.2, 0.25) is 0 Å². The summed E-state index contributed by atoms with van der Waals surface area (Å²) in [5.74, 6) is -1.92. The molecule has 1 aromatic carbocycles. The highest BCUT2D eigenvalue weighted by molar-refractivity contribution is 5.98. The van der Waals surface area contributed by atoms with E-state index in [4.69, 9.17) is 5.11 Å². The summed E-state index contributed by atoms with van der Waals surface area (Å²) in [6, 6.07) is 5.84. The van der Waals surface area contributed by atoms with Crippen molar-refractivity contribution in [2.75, 3.05) is 13.1 Å². The zero-order valence-corrected chi connectivity index (χ0v) is 13.1. The molecule has 0 aliphatic carbocycles. The number of pyridine rings is 1. The number of benzene rings is 1. The molecule has 1 aromatic heterocycles. The van der Waals surface area contributed by atoms with Gasteiger partial charge in [-0.2, -0.15) is 0 Å². The smallest absolute Gasteiger partial charge is 0.335 e. The van der Waals surface area contributed by atoms with Crippen molar-refractivity contribution in [3.8, 4) is 0 Å². The van der Waals surface area contributed by atoms with Crippen molar-refractivity contribution in [2.45, 2.75) is 25.4 Å². The third-order valence-electron chi connectivity index (χ3n) is 4.48. The highest BCUT2D eigenvalue weighted by Crippen LogP contribution is 2.25. The summed E-state index contributed by atoms with van der Waals surface area (Å²) in [5.41, 5.74) is -0.416. The number of rotatable bonds is 2. The van der Waals surface area contributed by atoms with Gasteiger partial charge in [0, 0.05) is 37.4 Å². The Morgan fingerprint density at radius 1 is 1.25 bits per heavy atom. The number of carbonyl (C=O) groups is 2. The quantitative estimate of drug-likeness (QED) is 0.874. The molecule has 2 N–H and O–H groups in total. The van der Waals surface area contributed by atoms with Crippen LogP contribution >= 0.6 is 0 Å². The standard InChI is InChI=1S/C17H17FN2O4/c1-10-13(8-11-2-3-12(18)9-14(11)19-10)15(21)20-6-4-17(24,5-7-20)16(22)23/h2-3,8-9,24H,4-7H2,1H3,(H,22,23). The molecule has 6 nitrogen and oxygen atoms in total. The van der Waals surface area contributed by atoms with Crippen molar-refractivity contribution in [1.82, 2.24) is 9.88 Å². The number of aryl methyl sites for hydroxylation is 1. The molecule has 0 saturated carbocycles. The minimum Gasteiger partial charge on any atom is -0.479 e. The van der Waals surface area contributed by atoms with Crippen LogP contribution < -0.4 is 0 Å². The second-order valence-corrected chi connectivity index (χ2v) is 6.09. The molecule has 0 radical (unpaired) electrons. The van der Waals surface area contributed by atoms with Gasteiger partial charge in [0.2, 0.25) is 0 Å². The summed E-state index contributed by atoms with van der Waals surface area (Å²) >= 11 is 0. The number of amides is 1. The van der Waals surface area contributed by atoms with E-state index in [1.54, 1.807) is 19.1 Å². The molecule has 1 aliphatic heterocycles. The molecule has 7 heteroatoms. The zero-order valence-electron chi connectivity index (χ0n) is 13.1. The van der Waals surface area contributed by atoms with Gasteiger partial charge in [-0.3, -0.25) is 9.78 Å². The van der Waals surface area contributed by atoms with Crippen LogP contribution in [0, 0.1) is 12.7 Å². The summed E-state index contributed by atoms with van der Waals surface area (Å²) in [6.07, 6.45) is -0.0291. The van der Waals surface area contributed by atoms with Crippen LogP contribution in [0.1, 0.15) is 28.9 Å². The van der Waals surface area contributed by atoms with Crippen LogP contribution in [0.3, 0.4) is 0 Å². The Labute approximate surface area is 137 Å². The lowest BCUT2D eigenvalue weighted by Gasteiger charge is -2.35. The van der Waals surface area contributed by atoms with E-state index in [1.165, 1.54) is 17.0 Å². The number of aromatic nitrogens is 1. The maximum atomic E-state index is 13.3. The third-order valence-corrected chi connectivity index (χ3v) is 4.48. The van der Waals surface area contributed by atoms with Crippen molar-refractivity contribution < 1.29 is 24.2 Å². The maximum Gasteiger partial charge on any atom is 0.335 e. The summed E-state index contributed by atoms with van der Waals surface area (Å²) < 4.78 is 13.3. The number of halogens is 1. The Kier molecular flexibility index (Phi) is 3.96. The first kappa shape index (κ1) is 16.3. The van der Waals surface area contributed by atoms with E-state index in [0.717, 1.165) is 0 Å². The molecule has 24 heavy (non-hydrogen) atoms. The average molecular weight is 332 g/mol. The molecule has 1 fully saturated rings. The van der Waals surface area contributed by atoms with Crippen molar-refractivity contribution in [3.63, 3.8) is 0 Å². The average Bonchev–Trinajstić information content (AvgIpc) is 2.54. The summed E-state index contributed by atoms with van der Waals surface area (Å²) in [4.78, 5) is 29.5. The normalized spacial score (nSPS) is 17.0. The fourth-order valence-electron chi connectivity index (χ4n) is 2.92. The highest BCUT2D eigenvalue weighted by Gasteiger charge is 2.40. The maximum absolute atomic E-state index is 13.3. The molecular formula is C17H17FN2O4. The van der Waals surface area contributed by atoms with Gasteiger partial charge in [0.1, 0.15) is 5.82 Å². The zero-order chi connectivity index (χ0) is 17.5. The lowest BCUT2D eigenvalue weighted by Crippen LogP contribution is -2.50. The Bertz CT molecular complexity index is 829. The van der Waals surface area contributed by atoms with Gasteiger partial charge in [0.25, 0.3) is 5.91 Å². The van der Waals surface area contributed by atoms with Crippen LogP contribution in [0.4, 0.5) is 4.39 Å². The monoisotopic (exact) mass is 332 g/mol. The molecule has 1 amide bonds. The topological polar surface area (TPSA) is 90.7 Å².